The van der Waals surface area contributed by atoms with E-state index < -0.39 is 25.2 Å². The zero-order chi connectivity index (χ0) is 37.1. The molecular formula is C38H50N6O4Si3. The molecule has 0 bridgehead atoms. The van der Waals surface area contributed by atoms with E-state index >= 15 is 0 Å². The van der Waals surface area contributed by atoms with E-state index in [2.05, 4.69) is 72.8 Å². The number of aromatic nitrogens is 6. The van der Waals surface area contributed by atoms with Crippen LogP contribution in [-0.2, 0) is 20.7 Å². The third-order valence-corrected chi connectivity index (χ3v) is 19.7. The normalized spacial score (nSPS) is 12.3. The zero-order valence-electron chi connectivity index (χ0n) is 31.1. The summed E-state index contributed by atoms with van der Waals surface area (Å²) < 4.78 is 13.8. The highest BCUT2D eigenvalue weighted by molar-refractivity contribution is 6.87. The van der Waals surface area contributed by atoms with Crippen LogP contribution in [0.5, 0.6) is 11.5 Å². The molecule has 6 rings (SSSR count). The average molecular weight is 739 g/mol. The predicted molar refractivity (Wildman–Crippen MR) is 213 cm³/mol. The molecule has 0 atom stereocenters. The Labute approximate surface area is 303 Å². The third kappa shape index (κ3) is 9.10. The second-order valence-corrected chi connectivity index (χ2v) is 27.0. The molecule has 2 N–H and O–H groups in total. The Morgan fingerprint density at radius 2 is 1.00 bits per heavy atom. The van der Waals surface area contributed by atoms with Crippen molar-refractivity contribution in [3.63, 3.8) is 0 Å². The second kappa shape index (κ2) is 15.1. The van der Waals surface area contributed by atoms with Gasteiger partial charge in [0.15, 0.2) is 16.6 Å². The minimum absolute atomic E-state index is 0.185. The topological polar surface area (TPSA) is 120 Å². The van der Waals surface area contributed by atoms with Crippen molar-refractivity contribution < 1.29 is 18.4 Å². The molecule has 268 valence electrons. The van der Waals surface area contributed by atoms with Crippen molar-refractivity contribution >= 4 is 47.3 Å². The number of rotatable bonds is 12. The molecule has 2 heterocycles. The maximum atomic E-state index is 11.4. The van der Waals surface area contributed by atoms with E-state index in [0.29, 0.717) is 17.4 Å². The molecule has 0 radical (unpaired) electrons. The molecule has 0 aliphatic rings. The van der Waals surface area contributed by atoms with Crippen LogP contribution in [0, 0.1) is 13.8 Å². The SMILES string of the molecule is C=C.Cc1cc(CCC[Si](C)(C)O[Si](C)(C)O[Si](C)(C)Cc2cc(C)cc(-n3nc4ccccc4n3)c2O)c(O)c(-n2nc3ccccc3n2)c1. The molecule has 51 heavy (non-hydrogen) atoms. The average Bonchev–Trinajstić information content (AvgIpc) is 3.68. The van der Waals surface area contributed by atoms with Gasteiger partial charge in [0.25, 0.3) is 0 Å². The predicted octanol–water partition coefficient (Wildman–Crippen LogP) is 8.84. The van der Waals surface area contributed by atoms with Crippen LogP contribution in [0.25, 0.3) is 33.4 Å². The molecule has 0 saturated carbocycles. The first-order valence-electron chi connectivity index (χ1n) is 17.3. The summed E-state index contributed by atoms with van der Waals surface area (Å²) in [6.07, 6.45) is 1.60. The smallest absolute Gasteiger partial charge is 0.311 e. The summed E-state index contributed by atoms with van der Waals surface area (Å²) in [6.45, 7) is 23.2. The van der Waals surface area contributed by atoms with Gasteiger partial charge in [-0.2, -0.15) is 0 Å². The molecule has 13 heteroatoms. The monoisotopic (exact) mass is 738 g/mol. The Kier molecular flexibility index (Phi) is 11.2. The lowest BCUT2D eigenvalue weighted by Gasteiger charge is -2.39. The first-order valence-corrected chi connectivity index (χ1v) is 26.3. The number of hydrogen-bond acceptors (Lipinski definition) is 8. The van der Waals surface area contributed by atoms with Crippen molar-refractivity contribution in [2.75, 3.05) is 0 Å². The van der Waals surface area contributed by atoms with E-state index in [1.54, 1.807) is 0 Å². The van der Waals surface area contributed by atoms with Gasteiger partial charge < -0.3 is 18.4 Å². The summed E-state index contributed by atoms with van der Waals surface area (Å²) in [7, 11) is -7.00. The van der Waals surface area contributed by atoms with Crippen LogP contribution in [0.3, 0.4) is 0 Å². The molecule has 10 nitrogen and oxygen atoms in total. The van der Waals surface area contributed by atoms with Crippen molar-refractivity contribution in [2.24, 2.45) is 0 Å². The zero-order valence-corrected chi connectivity index (χ0v) is 34.1. The van der Waals surface area contributed by atoms with Crippen LogP contribution in [0.1, 0.15) is 28.7 Å². The van der Waals surface area contributed by atoms with Crippen LogP contribution in [0.15, 0.2) is 86.0 Å². The molecule has 0 aliphatic carbocycles. The molecule has 0 saturated heterocycles. The maximum Gasteiger partial charge on any atom is 0.311 e. The summed E-state index contributed by atoms with van der Waals surface area (Å²) in [5.41, 5.74) is 8.09. The van der Waals surface area contributed by atoms with E-state index in [-0.39, 0.29) is 11.5 Å². The van der Waals surface area contributed by atoms with Crippen LogP contribution >= 0.6 is 0 Å². The minimum atomic E-state index is -2.53. The van der Waals surface area contributed by atoms with Crippen molar-refractivity contribution in [2.45, 2.75) is 78.1 Å². The van der Waals surface area contributed by atoms with Gasteiger partial charge in [0.05, 0.1) is 0 Å². The Balaban J connectivity index is 0.00000248. The highest BCUT2D eigenvalue weighted by Crippen LogP contribution is 2.34. The van der Waals surface area contributed by atoms with Gasteiger partial charge in [-0.05, 0) is 137 Å². The number of fused-ring (bicyclic) bond motifs is 2. The van der Waals surface area contributed by atoms with Gasteiger partial charge in [-0.15, -0.1) is 43.1 Å². The van der Waals surface area contributed by atoms with Crippen LogP contribution in [-0.4, -0.2) is 65.4 Å². The van der Waals surface area contributed by atoms with Crippen LogP contribution < -0.4 is 0 Å². The second-order valence-electron chi connectivity index (χ2n) is 14.7. The van der Waals surface area contributed by atoms with Gasteiger partial charge in [0.2, 0.25) is 0 Å². The van der Waals surface area contributed by atoms with Crippen molar-refractivity contribution in [3.05, 3.63) is 108 Å². The number of phenolic OH excluding ortho intramolecular Hbond substituents is 2. The van der Waals surface area contributed by atoms with Crippen molar-refractivity contribution in [1.82, 2.24) is 30.0 Å². The van der Waals surface area contributed by atoms with E-state index in [1.165, 1.54) is 9.59 Å². The van der Waals surface area contributed by atoms with Gasteiger partial charge in [-0.1, -0.05) is 36.4 Å². The maximum absolute atomic E-state index is 11.4. The van der Waals surface area contributed by atoms with Gasteiger partial charge in [0.1, 0.15) is 44.9 Å². The first-order chi connectivity index (χ1) is 24.1. The summed E-state index contributed by atoms with van der Waals surface area (Å²) >= 11 is 0. The third-order valence-electron chi connectivity index (χ3n) is 8.52. The molecule has 0 spiro atoms. The summed E-state index contributed by atoms with van der Waals surface area (Å²) in [5.74, 6) is 0.403. The molecule has 4 aromatic carbocycles. The molecular weight excluding hydrogens is 689 g/mol. The Morgan fingerprint density at radius 3 is 1.45 bits per heavy atom. The van der Waals surface area contributed by atoms with Crippen molar-refractivity contribution in [3.8, 4) is 22.9 Å². The standard InChI is InChI=1S/C36H46N6O4Si3.C2H4/c1-25-20-27(35(43)33(22-25)41-37-29-15-9-10-16-30(29)38-41)14-13-19-47(3,4)45-49(7,8)46-48(5,6)24-28-21-26(2)23-34(36(28)44)42-39-31-17-11-12-18-32(31)40-42;1-2/h9-12,15-18,20-23,43-44H,13-14,19,24H2,1-8H3;1-2H2. The van der Waals surface area contributed by atoms with E-state index in [4.69, 9.17) is 8.23 Å². The Bertz CT molecular complexity index is 2100. The Morgan fingerprint density at radius 1 is 0.608 bits per heavy atom. The number of nitrogens with zero attached hydrogens (tertiary/aromatic N) is 6. The number of aromatic hydroxyl groups is 2. The number of hydrogen-bond donors (Lipinski definition) is 2. The number of aryl methyl sites for hydroxylation is 3. The highest BCUT2D eigenvalue weighted by atomic mass is 28.5. The lowest BCUT2D eigenvalue weighted by molar-refractivity contribution is 0.386. The molecule has 0 aliphatic heterocycles. The van der Waals surface area contributed by atoms with Gasteiger partial charge in [-0.25, -0.2) is 0 Å². The van der Waals surface area contributed by atoms with Gasteiger partial charge >= 0.3 is 8.56 Å². The lowest BCUT2D eigenvalue weighted by atomic mass is 10.0. The Hall–Kier alpha value is -4.41. The van der Waals surface area contributed by atoms with Gasteiger partial charge in [-0.3, -0.25) is 0 Å². The summed E-state index contributed by atoms with van der Waals surface area (Å²) in [5, 5.41) is 41.0. The number of phenols is 2. The molecule has 2 aromatic heterocycles. The molecule has 0 fully saturated rings. The van der Waals surface area contributed by atoms with Crippen molar-refractivity contribution in [1.29, 1.82) is 0 Å². The summed E-state index contributed by atoms with van der Waals surface area (Å²) in [6, 6.07) is 24.9. The first kappa shape index (κ1) is 37.8. The fourth-order valence-electron chi connectivity index (χ4n) is 6.83. The molecule has 0 amide bonds. The lowest BCUT2D eigenvalue weighted by Crippen LogP contribution is -2.53. The van der Waals surface area contributed by atoms with E-state index in [9.17, 15) is 10.2 Å². The fourth-order valence-corrected chi connectivity index (χ4v) is 20.9. The van der Waals surface area contributed by atoms with Crippen LogP contribution in [0.2, 0.25) is 45.3 Å². The minimum Gasteiger partial charge on any atom is -0.505 e. The van der Waals surface area contributed by atoms with E-state index in [1.807, 2.05) is 86.6 Å². The molecule has 0 unspecified atom stereocenters. The quantitative estimate of drug-likeness (QED) is 0.0944. The molecule has 6 aromatic rings. The summed E-state index contributed by atoms with van der Waals surface area (Å²) in [4.78, 5) is 3.05. The van der Waals surface area contributed by atoms with Crippen LogP contribution in [0.4, 0.5) is 0 Å². The fraction of sp³-hybridized carbons (Fsp3) is 0.316. The number of benzene rings is 4. The van der Waals surface area contributed by atoms with E-state index in [0.717, 1.165) is 63.2 Å². The van der Waals surface area contributed by atoms with Gasteiger partial charge in [0, 0.05) is 0 Å². The highest BCUT2D eigenvalue weighted by Gasteiger charge is 2.40. The largest absolute Gasteiger partial charge is 0.505 e.